The van der Waals surface area contributed by atoms with E-state index >= 15 is 0 Å². The van der Waals surface area contributed by atoms with E-state index in [0.717, 1.165) is 38.7 Å². The van der Waals surface area contributed by atoms with E-state index in [1.165, 1.54) is 0 Å². The number of carboxylic acids is 1. The first-order chi connectivity index (χ1) is 9.98. The zero-order chi connectivity index (χ0) is 15.3. The molecule has 6 heteroatoms. The quantitative estimate of drug-likeness (QED) is 0.830. The van der Waals surface area contributed by atoms with Crippen molar-refractivity contribution in [3.8, 4) is 0 Å². The molecule has 0 bridgehead atoms. The van der Waals surface area contributed by atoms with Crippen molar-refractivity contribution in [2.24, 2.45) is 5.92 Å². The maximum atomic E-state index is 12.3. The molecule has 2 N–H and O–H groups in total. The molecule has 6 nitrogen and oxygen atoms in total. The van der Waals surface area contributed by atoms with Crippen molar-refractivity contribution in [2.75, 3.05) is 26.3 Å². The van der Waals surface area contributed by atoms with Gasteiger partial charge in [-0.25, -0.2) is 4.79 Å². The fraction of sp³-hybridized carbons (Fsp3) is 0.867. The van der Waals surface area contributed by atoms with Crippen molar-refractivity contribution in [3.63, 3.8) is 0 Å². The molecule has 2 saturated heterocycles. The number of likely N-dealkylation sites (tertiary alicyclic amines) is 1. The number of carbonyl (C=O) groups is 2. The van der Waals surface area contributed by atoms with Crippen LogP contribution >= 0.6 is 0 Å². The van der Waals surface area contributed by atoms with Gasteiger partial charge in [0, 0.05) is 26.1 Å². The molecule has 2 aliphatic heterocycles. The molecule has 0 saturated carbocycles. The van der Waals surface area contributed by atoms with Crippen molar-refractivity contribution in [1.29, 1.82) is 0 Å². The topological polar surface area (TPSA) is 78.9 Å². The lowest BCUT2D eigenvalue weighted by atomic mass is 9.92. The molecule has 0 aromatic carbocycles. The van der Waals surface area contributed by atoms with Crippen molar-refractivity contribution >= 4 is 12.0 Å². The van der Waals surface area contributed by atoms with E-state index in [1.807, 2.05) is 11.8 Å². The lowest BCUT2D eigenvalue weighted by molar-refractivity contribution is -0.137. The van der Waals surface area contributed by atoms with Gasteiger partial charge in [-0.1, -0.05) is 0 Å². The molecule has 0 spiro atoms. The monoisotopic (exact) mass is 298 g/mol. The molecule has 0 aromatic rings. The Hall–Kier alpha value is -1.30. The first-order valence-corrected chi connectivity index (χ1v) is 7.85. The predicted molar refractivity (Wildman–Crippen MR) is 78.2 cm³/mol. The Morgan fingerprint density at radius 1 is 1.38 bits per heavy atom. The number of rotatable bonds is 4. The van der Waals surface area contributed by atoms with Crippen LogP contribution in [0.25, 0.3) is 0 Å². The molecule has 2 rings (SSSR count). The molecule has 21 heavy (non-hydrogen) atoms. The van der Waals surface area contributed by atoms with Crippen molar-refractivity contribution in [1.82, 2.24) is 10.2 Å². The van der Waals surface area contributed by atoms with Gasteiger partial charge in [0.15, 0.2) is 0 Å². The summed E-state index contributed by atoms with van der Waals surface area (Å²) in [5.74, 6) is -0.306. The summed E-state index contributed by atoms with van der Waals surface area (Å²) < 4.78 is 5.46. The van der Waals surface area contributed by atoms with Crippen LogP contribution in [0.4, 0.5) is 4.79 Å². The number of piperidine rings is 1. The van der Waals surface area contributed by atoms with Crippen LogP contribution in [-0.2, 0) is 9.53 Å². The number of nitrogens with one attached hydrogen (secondary N) is 1. The molecule has 2 heterocycles. The number of nitrogens with zero attached hydrogens (tertiary/aromatic N) is 1. The molecule has 2 amide bonds. The highest BCUT2D eigenvalue weighted by molar-refractivity contribution is 5.75. The van der Waals surface area contributed by atoms with E-state index in [2.05, 4.69) is 5.32 Å². The van der Waals surface area contributed by atoms with Crippen LogP contribution < -0.4 is 5.32 Å². The lowest BCUT2D eigenvalue weighted by Crippen LogP contribution is -2.56. The Morgan fingerprint density at radius 3 is 2.67 bits per heavy atom. The van der Waals surface area contributed by atoms with Crippen LogP contribution in [0.3, 0.4) is 0 Å². The number of hydrogen-bond acceptors (Lipinski definition) is 3. The summed E-state index contributed by atoms with van der Waals surface area (Å²) >= 11 is 0. The molecule has 0 aliphatic carbocycles. The Balaban J connectivity index is 1.73. The number of amides is 2. The lowest BCUT2D eigenvalue weighted by Gasteiger charge is -2.38. The summed E-state index contributed by atoms with van der Waals surface area (Å²) in [4.78, 5) is 24.7. The van der Waals surface area contributed by atoms with E-state index in [9.17, 15) is 9.59 Å². The van der Waals surface area contributed by atoms with Gasteiger partial charge in [-0.3, -0.25) is 4.79 Å². The summed E-state index contributed by atoms with van der Waals surface area (Å²) in [5, 5.41) is 11.8. The summed E-state index contributed by atoms with van der Waals surface area (Å²) in [6.45, 7) is 4.82. The number of aliphatic carboxylic acids is 1. The third-order valence-electron chi connectivity index (χ3n) is 4.51. The normalized spacial score (nSPS) is 27.4. The van der Waals surface area contributed by atoms with Gasteiger partial charge in [-0.2, -0.15) is 0 Å². The molecular weight excluding hydrogens is 272 g/mol. The highest BCUT2D eigenvalue weighted by Crippen LogP contribution is 2.23. The van der Waals surface area contributed by atoms with E-state index in [4.69, 9.17) is 9.84 Å². The van der Waals surface area contributed by atoms with E-state index in [1.54, 1.807) is 0 Å². The second-order valence-electron chi connectivity index (χ2n) is 6.51. The van der Waals surface area contributed by atoms with Gasteiger partial charge < -0.3 is 20.1 Å². The van der Waals surface area contributed by atoms with Crippen LogP contribution in [0.2, 0.25) is 0 Å². The molecule has 120 valence electrons. The Bertz CT molecular complexity index is 372. The zero-order valence-corrected chi connectivity index (χ0v) is 12.8. The minimum atomic E-state index is -0.736. The number of carbonyl (C=O) groups excluding carboxylic acids is 1. The largest absolute Gasteiger partial charge is 0.481 e. The summed E-state index contributed by atoms with van der Waals surface area (Å²) in [6.07, 6.45) is 4.67. The first kappa shape index (κ1) is 16.1. The average molecular weight is 298 g/mol. The van der Waals surface area contributed by atoms with Gasteiger partial charge in [0.1, 0.15) is 0 Å². The standard InChI is InChI=1S/C15H26N2O4/c1-15(7-2-10-21-11-15)16-14(20)17-8-5-12(6-9-17)3-4-13(18)19/h12H,2-11H2,1H3,(H,16,20)(H,18,19). The summed E-state index contributed by atoms with van der Waals surface area (Å²) in [7, 11) is 0. The highest BCUT2D eigenvalue weighted by atomic mass is 16.5. The summed E-state index contributed by atoms with van der Waals surface area (Å²) in [6, 6.07) is -0.0142. The molecule has 2 fully saturated rings. The minimum absolute atomic E-state index is 0.0142. The first-order valence-electron chi connectivity index (χ1n) is 7.85. The second-order valence-corrected chi connectivity index (χ2v) is 6.51. The van der Waals surface area contributed by atoms with Crippen LogP contribution in [0.1, 0.15) is 45.4 Å². The third-order valence-corrected chi connectivity index (χ3v) is 4.51. The number of urea groups is 1. The highest BCUT2D eigenvalue weighted by Gasteiger charge is 2.32. The van der Waals surface area contributed by atoms with Gasteiger partial charge in [0.25, 0.3) is 0 Å². The Kier molecular flexibility index (Phi) is 5.45. The third kappa shape index (κ3) is 4.88. The fourth-order valence-corrected chi connectivity index (χ4v) is 3.12. The number of ether oxygens (including phenoxy) is 1. The molecule has 1 unspecified atom stereocenters. The zero-order valence-electron chi connectivity index (χ0n) is 12.8. The Morgan fingerprint density at radius 2 is 2.10 bits per heavy atom. The van der Waals surface area contributed by atoms with Gasteiger partial charge >= 0.3 is 12.0 Å². The average Bonchev–Trinajstić information content (AvgIpc) is 2.46. The van der Waals surface area contributed by atoms with E-state index < -0.39 is 5.97 Å². The number of carboxylic acid groups (broad SMARTS) is 1. The maximum absolute atomic E-state index is 12.3. The minimum Gasteiger partial charge on any atom is -0.481 e. The maximum Gasteiger partial charge on any atom is 0.317 e. The van der Waals surface area contributed by atoms with Crippen molar-refractivity contribution < 1.29 is 19.4 Å². The van der Waals surface area contributed by atoms with Crippen LogP contribution in [0.15, 0.2) is 0 Å². The van der Waals surface area contributed by atoms with Gasteiger partial charge in [-0.05, 0) is 44.9 Å². The van der Waals surface area contributed by atoms with Crippen LogP contribution in [0.5, 0.6) is 0 Å². The van der Waals surface area contributed by atoms with Crippen molar-refractivity contribution in [2.45, 2.75) is 51.0 Å². The SMILES string of the molecule is CC1(NC(=O)N2CCC(CCC(=O)O)CC2)CCCOC1. The molecular formula is C15H26N2O4. The Labute approximate surface area is 125 Å². The van der Waals surface area contributed by atoms with Gasteiger partial charge in [0.2, 0.25) is 0 Å². The smallest absolute Gasteiger partial charge is 0.317 e. The second kappa shape index (κ2) is 7.11. The van der Waals surface area contributed by atoms with Crippen LogP contribution in [0, 0.1) is 5.92 Å². The van der Waals surface area contributed by atoms with Crippen LogP contribution in [-0.4, -0.2) is 53.8 Å². The molecule has 1 atom stereocenters. The predicted octanol–water partition coefficient (Wildman–Crippen LogP) is 1.84. The number of hydrogen-bond donors (Lipinski definition) is 2. The summed E-state index contributed by atoms with van der Waals surface area (Å²) in [5.41, 5.74) is -0.254. The molecule has 2 aliphatic rings. The fourth-order valence-electron chi connectivity index (χ4n) is 3.12. The van der Waals surface area contributed by atoms with Crippen molar-refractivity contribution in [3.05, 3.63) is 0 Å². The molecule has 0 radical (unpaired) electrons. The van der Waals surface area contributed by atoms with Gasteiger partial charge in [0.05, 0.1) is 12.1 Å². The molecule has 0 aromatic heterocycles. The van der Waals surface area contributed by atoms with E-state index in [0.29, 0.717) is 25.6 Å². The van der Waals surface area contributed by atoms with E-state index in [-0.39, 0.29) is 18.0 Å². The van der Waals surface area contributed by atoms with Gasteiger partial charge in [-0.15, -0.1) is 0 Å².